The zero-order chi connectivity index (χ0) is 8.97. The van der Waals surface area contributed by atoms with Gasteiger partial charge in [0.15, 0.2) is 0 Å². The van der Waals surface area contributed by atoms with Crippen molar-refractivity contribution in [2.24, 2.45) is 0 Å². The highest BCUT2D eigenvalue weighted by Gasteiger charge is 1.99. The lowest BCUT2D eigenvalue weighted by molar-refractivity contribution is -0.137. The number of hydrogen-bond acceptors (Lipinski definition) is 2. The Balaban J connectivity index is 2.54. The summed E-state index contributed by atoms with van der Waals surface area (Å²) >= 11 is 0. The molecule has 0 aliphatic heterocycles. The molecule has 62 valence electrons. The van der Waals surface area contributed by atoms with Crippen LogP contribution in [0.5, 0.6) is 0 Å². The number of aliphatic carboxylic acids is 1. The van der Waals surface area contributed by atoms with Crippen LogP contribution in [0.2, 0.25) is 0 Å². The van der Waals surface area contributed by atoms with Gasteiger partial charge >= 0.3 is 5.97 Å². The molecule has 0 spiro atoms. The predicted octanol–water partition coefficient (Wildman–Crippen LogP) is 0.339. The minimum absolute atomic E-state index is 0.0612. The second-order valence-corrected chi connectivity index (χ2v) is 2.28. The van der Waals surface area contributed by atoms with Crippen LogP contribution in [0.3, 0.4) is 0 Å². The summed E-state index contributed by atoms with van der Waals surface area (Å²) in [5.74, 6) is 1.56. The molecule has 4 heteroatoms. The third kappa shape index (κ3) is 2.13. The zero-order valence-corrected chi connectivity index (χ0v) is 6.40. The summed E-state index contributed by atoms with van der Waals surface area (Å²) in [5.41, 5.74) is 0.667. The monoisotopic (exact) mass is 164 g/mol. The van der Waals surface area contributed by atoms with E-state index in [9.17, 15) is 4.79 Å². The third-order valence-corrected chi connectivity index (χ3v) is 1.35. The second-order valence-electron chi connectivity index (χ2n) is 2.28. The molecular formula is C8H8N2O2. The summed E-state index contributed by atoms with van der Waals surface area (Å²) in [6.45, 7) is 0.358. The SMILES string of the molecule is C#Cc1cnn(CCC(=O)O)c1. The van der Waals surface area contributed by atoms with Crippen molar-refractivity contribution in [2.75, 3.05) is 0 Å². The van der Waals surface area contributed by atoms with Crippen LogP contribution in [0.25, 0.3) is 0 Å². The van der Waals surface area contributed by atoms with Gasteiger partial charge in [-0.3, -0.25) is 9.48 Å². The molecule has 0 bridgehead atoms. The quantitative estimate of drug-likeness (QED) is 0.655. The first-order chi connectivity index (χ1) is 5.72. The van der Waals surface area contributed by atoms with Crippen molar-refractivity contribution in [3.8, 4) is 12.3 Å². The van der Waals surface area contributed by atoms with Crippen LogP contribution in [0.4, 0.5) is 0 Å². The first kappa shape index (κ1) is 8.34. The summed E-state index contributed by atoms with van der Waals surface area (Å²) in [6.07, 6.45) is 8.33. The Morgan fingerprint density at radius 2 is 2.58 bits per heavy atom. The lowest BCUT2D eigenvalue weighted by atomic mass is 10.4. The Morgan fingerprint density at radius 1 is 1.83 bits per heavy atom. The number of carboxylic acid groups (broad SMARTS) is 1. The van der Waals surface area contributed by atoms with Crippen molar-refractivity contribution in [1.82, 2.24) is 9.78 Å². The van der Waals surface area contributed by atoms with E-state index in [1.165, 1.54) is 10.9 Å². The van der Waals surface area contributed by atoms with Gasteiger partial charge < -0.3 is 5.11 Å². The maximum Gasteiger partial charge on any atom is 0.305 e. The number of rotatable bonds is 3. The van der Waals surface area contributed by atoms with E-state index in [-0.39, 0.29) is 6.42 Å². The summed E-state index contributed by atoms with van der Waals surface area (Å²) in [6, 6.07) is 0. The topological polar surface area (TPSA) is 55.1 Å². The van der Waals surface area contributed by atoms with E-state index in [0.717, 1.165) is 0 Å². The lowest BCUT2D eigenvalue weighted by Crippen LogP contribution is -2.04. The Kier molecular flexibility index (Phi) is 2.49. The third-order valence-electron chi connectivity index (χ3n) is 1.35. The van der Waals surface area contributed by atoms with Crippen LogP contribution in [0.15, 0.2) is 12.4 Å². The van der Waals surface area contributed by atoms with Crippen molar-refractivity contribution < 1.29 is 9.90 Å². The van der Waals surface area contributed by atoms with Gasteiger partial charge in [0.25, 0.3) is 0 Å². The van der Waals surface area contributed by atoms with Gasteiger partial charge in [-0.2, -0.15) is 5.10 Å². The number of aryl methyl sites for hydroxylation is 1. The minimum Gasteiger partial charge on any atom is -0.481 e. The molecule has 0 saturated heterocycles. The second kappa shape index (κ2) is 3.58. The Labute approximate surface area is 69.8 Å². The first-order valence-electron chi connectivity index (χ1n) is 3.43. The molecule has 1 rings (SSSR count). The van der Waals surface area contributed by atoms with Gasteiger partial charge in [0.05, 0.1) is 24.7 Å². The summed E-state index contributed by atoms with van der Waals surface area (Å²) in [7, 11) is 0. The number of carboxylic acids is 1. The zero-order valence-electron chi connectivity index (χ0n) is 6.40. The van der Waals surface area contributed by atoms with E-state index in [1.54, 1.807) is 6.20 Å². The molecule has 0 radical (unpaired) electrons. The summed E-state index contributed by atoms with van der Waals surface area (Å²) < 4.78 is 1.52. The fourth-order valence-corrected chi connectivity index (χ4v) is 0.771. The van der Waals surface area contributed by atoms with E-state index < -0.39 is 5.97 Å². The van der Waals surface area contributed by atoms with Crippen LogP contribution < -0.4 is 0 Å². The van der Waals surface area contributed by atoms with Gasteiger partial charge in [0.1, 0.15) is 0 Å². The highest BCUT2D eigenvalue weighted by Crippen LogP contribution is 1.95. The van der Waals surface area contributed by atoms with Gasteiger partial charge in [-0.1, -0.05) is 5.92 Å². The molecule has 0 aliphatic carbocycles. The number of aromatic nitrogens is 2. The van der Waals surface area contributed by atoms with Crippen molar-refractivity contribution >= 4 is 5.97 Å². The van der Waals surface area contributed by atoms with Crippen LogP contribution in [0, 0.1) is 12.3 Å². The fourth-order valence-electron chi connectivity index (χ4n) is 0.771. The molecular weight excluding hydrogens is 156 g/mol. The van der Waals surface area contributed by atoms with Crippen LogP contribution in [-0.2, 0) is 11.3 Å². The maximum absolute atomic E-state index is 10.2. The van der Waals surface area contributed by atoms with Crippen LogP contribution in [-0.4, -0.2) is 20.9 Å². The molecule has 1 N–H and O–H groups in total. The average Bonchev–Trinajstić information content (AvgIpc) is 2.48. The van der Waals surface area contributed by atoms with Gasteiger partial charge in [0, 0.05) is 6.20 Å². The van der Waals surface area contributed by atoms with E-state index in [0.29, 0.717) is 12.1 Å². The van der Waals surface area contributed by atoms with Crippen molar-refractivity contribution in [3.63, 3.8) is 0 Å². The average molecular weight is 164 g/mol. The lowest BCUT2D eigenvalue weighted by Gasteiger charge is -1.95. The molecule has 0 aromatic carbocycles. The Bertz CT molecular complexity index is 322. The number of hydrogen-bond donors (Lipinski definition) is 1. The number of carbonyl (C=O) groups is 1. The smallest absolute Gasteiger partial charge is 0.305 e. The van der Waals surface area contributed by atoms with E-state index in [4.69, 9.17) is 11.5 Å². The molecule has 0 atom stereocenters. The molecule has 0 unspecified atom stereocenters. The normalized spacial score (nSPS) is 9.25. The van der Waals surface area contributed by atoms with E-state index in [2.05, 4.69) is 11.0 Å². The molecule has 1 aromatic heterocycles. The molecule has 4 nitrogen and oxygen atoms in total. The van der Waals surface area contributed by atoms with Gasteiger partial charge in [-0.15, -0.1) is 6.42 Å². The molecule has 0 amide bonds. The highest BCUT2D eigenvalue weighted by molar-refractivity contribution is 5.66. The number of nitrogens with zero attached hydrogens (tertiary/aromatic N) is 2. The van der Waals surface area contributed by atoms with Crippen molar-refractivity contribution in [1.29, 1.82) is 0 Å². The van der Waals surface area contributed by atoms with Crippen LogP contribution >= 0.6 is 0 Å². The minimum atomic E-state index is -0.840. The summed E-state index contributed by atoms with van der Waals surface area (Å²) in [5, 5.41) is 12.2. The van der Waals surface area contributed by atoms with Crippen molar-refractivity contribution in [3.05, 3.63) is 18.0 Å². The maximum atomic E-state index is 10.2. The molecule has 0 saturated carbocycles. The van der Waals surface area contributed by atoms with Gasteiger partial charge in [-0.25, -0.2) is 0 Å². The van der Waals surface area contributed by atoms with Crippen molar-refractivity contribution in [2.45, 2.75) is 13.0 Å². The molecule has 12 heavy (non-hydrogen) atoms. The predicted molar refractivity (Wildman–Crippen MR) is 42.4 cm³/mol. The van der Waals surface area contributed by atoms with E-state index in [1.807, 2.05) is 0 Å². The van der Waals surface area contributed by atoms with Crippen LogP contribution in [0.1, 0.15) is 12.0 Å². The van der Waals surface area contributed by atoms with Gasteiger partial charge in [0.2, 0.25) is 0 Å². The molecule has 1 aromatic rings. The molecule has 1 heterocycles. The van der Waals surface area contributed by atoms with Gasteiger partial charge in [-0.05, 0) is 0 Å². The number of terminal acetylenes is 1. The largest absolute Gasteiger partial charge is 0.481 e. The molecule has 0 fully saturated rings. The fraction of sp³-hybridized carbons (Fsp3) is 0.250. The highest BCUT2D eigenvalue weighted by atomic mass is 16.4. The summed E-state index contributed by atoms with van der Waals surface area (Å²) in [4.78, 5) is 10.2. The van der Waals surface area contributed by atoms with E-state index >= 15 is 0 Å². The first-order valence-corrected chi connectivity index (χ1v) is 3.43. The Hall–Kier alpha value is -1.76. The molecule has 0 aliphatic rings. The Morgan fingerprint density at radius 3 is 3.08 bits per heavy atom. The standard InChI is InChI=1S/C8H8N2O2/c1-2-7-5-9-10(6-7)4-3-8(11)12/h1,5-6H,3-4H2,(H,11,12).